The van der Waals surface area contributed by atoms with Crippen molar-refractivity contribution in [2.24, 2.45) is 0 Å². The summed E-state index contributed by atoms with van der Waals surface area (Å²) in [6.45, 7) is 0. The van der Waals surface area contributed by atoms with Gasteiger partial charge in [-0.3, -0.25) is 9.59 Å². The lowest BCUT2D eigenvalue weighted by Crippen LogP contribution is -2.71. The fraction of sp³-hybridized carbons (Fsp3) is 0.167. The number of aromatic hydroxyl groups is 4. The van der Waals surface area contributed by atoms with Crippen molar-refractivity contribution in [2.45, 2.75) is 23.4 Å². The van der Waals surface area contributed by atoms with E-state index in [1.54, 1.807) is 0 Å². The van der Waals surface area contributed by atoms with Crippen LogP contribution in [0.1, 0.15) is 11.1 Å². The number of phenols is 4. The van der Waals surface area contributed by atoms with Gasteiger partial charge in [0.05, 0.1) is 0 Å². The fourth-order valence-corrected chi connectivity index (χ4v) is 3.18. The molecule has 202 valence electrons. The Morgan fingerprint density at radius 3 is 1.47 bits per heavy atom. The third-order valence-electron chi connectivity index (χ3n) is 5.41. The van der Waals surface area contributed by atoms with Crippen LogP contribution in [0.25, 0.3) is 12.2 Å². The van der Waals surface area contributed by atoms with E-state index in [0.29, 0.717) is 12.2 Å². The summed E-state index contributed by atoms with van der Waals surface area (Å²) in [6.07, 6.45) is -4.39. The van der Waals surface area contributed by atoms with Crippen molar-refractivity contribution in [1.82, 2.24) is 0 Å². The molecule has 0 aliphatic rings. The molecule has 0 aliphatic carbocycles. The molecule has 2 rings (SSSR count). The van der Waals surface area contributed by atoms with Crippen LogP contribution in [0.3, 0.4) is 0 Å². The van der Waals surface area contributed by atoms with Crippen LogP contribution in [-0.2, 0) is 19.2 Å². The molecule has 0 bridgehead atoms. The Labute approximate surface area is 212 Å². The average Bonchev–Trinajstić information content (AvgIpc) is 2.87. The summed E-state index contributed by atoms with van der Waals surface area (Å²) in [5.74, 6) is -11.0. The maximum absolute atomic E-state index is 12.8. The van der Waals surface area contributed by atoms with Crippen LogP contribution in [0.4, 0.5) is 0 Å². The molecule has 0 spiro atoms. The van der Waals surface area contributed by atoms with Gasteiger partial charge in [-0.05, 0) is 47.5 Å². The molecule has 0 heterocycles. The molecule has 0 aliphatic heterocycles. The predicted molar refractivity (Wildman–Crippen MR) is 125 cm³/mol. The van der Waals surface area contributed by atoms with Gasteiger partial charge in [0.15, 0.2) is 40.5 Å². The Hall–Kier alpha value is -4.76. The van der Waals surface area contributed by atoms with Gasteiger partial charge in [-0.15, -0.1) is 0 Å². The van der Waals surface area contributed by atoms with Crippen molar-refractivity contribution in [1.29, 1.82) is 0 Å². The first-order chi connectivity index (χ1) is 17.6. The summed E-state index contributed by atoms with van der Waals surface area (Å²) in [5, 5.41) is 98.5. The Morgan fingerprint density at radius 2 is 1.11 bits per heavy atom. The third kappa shape index (κ3) is 5.63. The van der Waals surface area contributed by atoms with Crippen molar-refractivity contribution < 1.29 is 70.2 Å². The highest BCUT2D eigenvalue weighted by molar-refractivity contribution is 6.15. The molecule has 10 N–H and O–H groups in total. The molecular formula is C24H22O14. The van der Waals surface area contributed by atoms with Gasteiger partial charge in [0.1, 0.15) is 6.10 Å². The van der Waals surface area contributed by atoms with E-state index in [0.717, 1.165) is 48.6 Å². The molecule has 4 atom stereocenters. The molecule has 0 fully saturated rings. The van der Waals surface area contributed by atoms with Crippen LogP contribution in [0.15, 0.2) is 48.6 Å². The van der Waals surface area contributed by atoms with Gasteiger partial charge in [0.2, 0.25) is 5.78 Å². The number of hydrogen-bond acceptors (Lipinski definition) is 12. The molecule has 0 aromatic heterocycles. The zero-order valence-electron chi connectivity index (χ0n) is 19.0. The molecule has 38 heavy (non-hydrogen) atoms. The zero-order valence-corrected chi connectivity index (χ0v) is 19.0. The van der Waals surface area contributed by atoms with Crippen LogP contribution in [0.5, 0.6) is 23.0 Å². The number of carboxylic acids is 2. The van der Waals surface area contributed by atoms with Crippen molar-refractivity contribution in [3.8, 4) is 23.0 Å². The molecule has 2 aromatic carbocycles. The summed E-state index contributed by atoms with van der Waals surface area (Å²) >= 11 is 0. The number of rotatable bonds is 11. The van der Waals surface area contributed by atoms with E-state index in [1.807, 2.05) is 0 Å². The molecule has 0 amide bonds. The van der Waals surface area contributed by atoms with Crippen molar-refractivity contribution in [3.63, 3.8) is 0 Å². The smallest absolute Gasteiger partial charge is 0.346 e. The highest BCUT2D eigenvalue weighted by Gasteiger charge is 2.64. The normalized spacial score (nSPS) is 16.4. The number of carbonyl (C=O) groups excluding carboxylic acids is 2. The first-order valence-electron chi connectivity index (χ1n) is 10.3. The quantitative estimate of drug-likeness (QED) is 0.0914. The molecule has 14 heteroatoms. The van der Waals surface area contributed by atoms with Crippen LogP contribution < -0.4 is 0 Å². The standard InChI is InChI=1S/C24H22O14/c25-13-5-1-11(9-15(13)27)3-7-17(29)23(37,19(31)20(32)33)21(34)24(38,22(35)36)18(30)8-4-12-2-6-14(26)16(28)10-12/h1-10,19,21,25-28,31,34,37-38H,(H,32,33)(H,35,36)/b7-3+,8-4+/t19-,21+,23+,24+/m1/s1. The highest BCUT2D eigenvalue weighted by Crippen LogP contribution is 2.31. The van der Waals surface area contributed by atoms with Crippen LogP contribution in [-0.4, -0.2) is 98.0 Å². The molecule has 2 aromatic rings. The number of carboxylic acid groups (broad SMARTS) is 2. The first kappa shape index (κ1) is 29.5. The lowest BCUT2D eigenvalue weighted by Gasteiger charge is -2.38. The highest BCUT2D eigenvalue weighted by atomic mass is 16.5. The van der Waals surface area contributed by atoms with Gasteiger partial charge in [-0.25, -0.2) is 9.59 Å². The number of phenolic OH excluding ortho intramolecular Hbond substituents is 4. The fourth-order valence-electron chi connectivity index (χ4n) is 3.18. The number of ketones is 2. The van der Waals surface area contributed by atoms with Gasteiger partial charge >= 0.3 is 11.9 Å². The van der Waals surface area contributed by atoms with E-state index in [-0.39, 0.29) is 11.1 Å². The minimum Gasteiger partial charge on any atom is -0.504 e. The molecular weight excluding hydrogens is 512 g/mol. The molecule has 0 saturated heterocycles. The average molecular weight is 534 g/mol. The Balaban J connectivity index is 2.54. The topological polar surface area (TPSA) is 271 Å². The number of aliphatic hydroxyl groups excluding tert-OH is 2. The number of hydrogen-bond donors (Lipinski definition) is 10. The summed E-state index contributed by atoms with van der Waals surface area (Å²) in [5.41, 5.74) is -8.16. The van der Waals surface area contributed by atoms with Gasteiger partial charge in [0.25, 0.3) is 5.60 Å². The van der Waals surface area contributed by atoms with E-state index >= 15 is 0 Å². The number of carbonyl (C=O) groups is 4. The summed E-state index contributed by atoms with van der Waals surface area (Å²) in [7, 11) is 0. The van der Waals surface area contributed by atoms with E-state index in [1.165, 1.54) is 0 Å². The maximum Gasteiger partial charge on any atom is 0.346 e. The van der Waals surface area contributed by atoms with Gasteiger partial charge in [0, 0.05) is 0 Å². The van der Waals surface area contributed by atoms with E-state index < -0.39 is 69.9 Å². The molecule has 0 radical (unpaired) electrons. The van der Waals surface area contributed by atoms with Crippen LogP contribution in [0, 0.1) is 0 Å². The van der Waals surface area contributed by atoms with Gasteiger partial charge in [-0.1, -0.05) is 24.3 Å². The third-order valence-corrected chi connectivity index (χ3v) is 5.41. The Bertz CT molecular complexity index is 1330. The van der Waals surface area contributed by atoms with E-state index in [4.69, 9.17) is 0 Å². The predicted octanol–water partition coefficient (Wildman–Crippen LogP) is -1.27. The van der Waals surface area contributed by atoms with Crippen molar-refractivity contribution >= 4 is 35.7 Å². The minimum atomic E-state index is -4.10. The summed E-state index contributed by atoms with van der Waals surface area (Å²) < 4.78 is 0. The lowest BCUT2D eigenvalue weighted by atomic mass is 9.75. The van der Waals surface area contributed by atoms with Gasteiger partial charge in [-0.2, -0.15) is 0 Å². The SMILES string of the molecule is O=C(O)[C@@H](O)[C@@](O)(C(=O)/C=C/c1ccc(O)c(O)c1)[C@H](O)[C@](O)(C(=O)O)C(=O)/C=C/c1ccc(O)c(O)c1. The number of aliphatic carboxylic acids is 2. The van der Waals surface area contributed by atoms with Crippen LogP contribution in [0.2, 0.25) is 0 Å². The van der Waals surface area contributed by atoms with Gasteiger partial charge < -0.3 is 51.1 Å². The first-order valence-corrected chi connectivity index (χ1v) is 10.3. The van der Waals surface area contributed by atoms with E-state index in [2.05, 4.69) is 0 Å². The maximum atomic E-state index is 12.8. The lowest BCUT2D eigenvalue weighted by molar-refractivity contribution is -0.216. The minimum absolute atomic E-state index is 0.0205. The summed E-state index contributed by atoms with van der Waals surface area (Å²) in [4.78, 5) is 48.8. The summed E-state index contributed by atoms with van der Waals surface area (Å²) in [6, 6.07) is 6.13. The Kier molecular flexibility index (Phi) is 8.61. The molecule has 0 unspecified atom stereocenters. The monoisotopic (exact) mass is 534 g/mol. The van der Waals surface area contributed by atoms with Crippen LogP contribution >= 0.6 is 0 Å². The van der Waals surface area contributed by atoms with Crippen molar-refractivity contribution in [2.75, 3.05) is 0 Å². The second-order valence-electron chi connectivity index (χ2n) is 7.93. The largest absolute Gasteiger partial charge is 0.504 e. The number of aliphatic hydroxyl groups is 4. The second-order valence-corrected chi connectivity index (χ2v) is 7.93. The number of benzene rings is 2. The molecule has 0 saturated carbocycles. The second kappa shape index (κ2) is 11.1. The zero-order chi connectivity index (χ0) is 29.0. The van der Waals surface area contributed by atoms with E-state index in [9.17, 15) is 70.2 Å². The Morgan fingerprint density at radius 1 is 0.684 bits per heavy atom. The van der Waals surface area contributed by atoms with Crippen molar-refractivity contribution in [3.05, 3.63) is 59.7 Å². The molecule has 14 nitrogen and oxygen atoms in total.